The summed E-state index contributed by atoms with van der Waals surface area (Å²) >= 11 is 0. The minimum absolute atomic E-state index is 0.0811. The average molecular weight is 467 g/mol. The van der Waals surface area contributed by atoms with Gasteiger partial charge in [-0.15, -0.1) is 0 Å². The van der Waals surface area contributed by atoms with Gasteiger partial charge in [-0.25, -0.2) is 9.59 Å². The van der Waals surface area contributed by atoms with Crippen molar-refractivity contribution >= 4 is 18.2 Å². The highest BCUT2D eigenvalue weighted by atomic mass is 16.6. The first-order valence-electron chi connectivity index (χ1n) is 11.4. The summed E-state index contributed by atoms with van der Waals surface area (Å²) in [5, 5.41) is 12.0. The lowest BCUT2D eigenvalue weighted by Gasteiger charge is -2.43. The molecule has 8 heteroatoms. The minimum atomic E-state index is -1.03. The first-order chi connectivity index (χ1) is 16.1. The first-order valence-corrected chi connectivity index (χ1v) is 11.4. The Morgan fingerprint density at radius 1 is 1.03 bits per heavy atom. The molecule has 0 bridgehead atoms. The number of alkyl carbamates (subject to hydrolysis) is 1. The van der Waals surface area contributed by atoms with Gasteiger partial charge in [0.1, 0.15) is 12.2 Å². The maximum atomic E-state index is 12.6. The highest BCUT2D eigenvalue weighted by molar-refractivity contribution is 5.79. The van der Waals surface area contributed by atoms with E-state index in [0.29, 0.717) is 13.1 Å². The van der Waals surface area contributed by atoms with E-state index in [4.69, 9.17) is 9.47 Å². The van der Waals surface area contributed by atoms with Crippen molar-refractivity contribution in [1.82, 2.24) is 10.2 Å². The van der Waals surface area contributed by atoms with Gasteiger partial charge < -0.3 is 24.8 Å². The molecule has 0 saturated carbocycles. The van der Waals surface area contributed by atoms with Gasteiger partial charge in [0.15, 0.2) is 0 Å². The number of carboxylic acid groups (broad SMARTS) is 1. The number of rotatable bonds is 6. The molecule has 1 saturated heterocycles. The molecule has 2 aromatic rings. The van der Waals surface area contributed by atoms with Gasteiger partial charge in [-0.2, -0.15) is 0 Å². The number of carbonyl (C=O) groups is 3. The van der Waals surface area contributed by atoms with Crippen LogP contribution in [0.25, 0.3) is 11.1 Å². The highest BCUT2D eigenvalue weighted by Crippen LogP contribution is 2.44. The summed E-state index contributed by atoms with van der Waals surface area (Å²) in [4.78, 5) is 37.7. The van der Waals surface area contributed by atoms with E-state index >= 15 is 0 Å². The quantitative estimate of drug-likeness (QED) is 0.660. The lowest BCUT2D eigenvalue weighted by molar-refractivity contribution is -0.138. The van der Waals surface area contributed by atoms with Gasteiger partial charge in [-0.3, -0.25) is 4.79 Å². The van der Waals surface area contributed by atoms with Gasteiger partial charge in [0, 0.05) is 31.0 Å². The number of aliphatic carboxylic acids is 1. The Morgan fingerprint density at radius 3 is 2.12 bits per heavy atom. The molecule has 2 N–H and O–H groups in total. The Kier molecular flexibility index (Phi) is 6.50. The van der Waals surface area contributed by atoms with Crippen LogP contribution in [0.2, 0.25) is 0 Å². The Balaban J connectivity index is 1.36. The molecular weight excluding hydrogens is 436 g/mol. The van der Waals surface area contributed by atoms with Crippen LogP contribution in [0.1, 0.15) is 44.2 Å². The van der Waals surface area contributed by atoms with E-state index in [1.165, 1.54) is 4.90 Å². The van der Waals surface area contributed by atoms with Crippen molar-refractivity contribution in [2.75, 3.05) is 19.7 Å². The molecule has 1 aliphatic heterocycles. The predicted molar refractivity (Wildman–Crippen MR) is 126 cm³/mol. The van der Waals surface area contributed by atoms with Crippen LogP contribution in [0.5, 0.6) is 0 Å². The average Bonchev–Trinajstić information content (AvgIpc) is 3.03. The Morgan fingerprint density at radius 2 is 1.59 bits per heavy atom. The van der Waals surface area contributed by atoms with E-state index in [1.807, 2.05) is 36.4 Å². The number of likely N-dealkylation sites (tertiary alicyclic amines) is 1. The molecule has 1 fully saturated rings. The van der Waals surface area contributed by atoms with Crippen molar-refractivity contribution in [1.29, 1.82) is 0 Å². The molecular formula is C26H30N2O6. The molecule has 4 rings (SSSR count). The lowest BCUT2D eigenvalue weighted by atomic mass is 9.90. The molecule has 0 radical (unpaired) electrons. The molecule has 2 aliphatic rings. The summed E-state index contributed by atoms with van der Waals surface area (Å²) in [7, 11) is 0. The number of hydrogen-bond acceptors (Lipinski definition) is 5. The van der Waals surface area contributed by atoms with E-state index in [2.05, 4.69) is 17.4 Å². The van der Waals surface area contributed by atoms with Crippen LogP contribution in [0.15, 0.2) is 48.5 Å². The summed E-state index contributed by atoms with van der Waals surface area (Å²) in [6.07, 6.45) is -1.36. The number of ether oxygens (including phenoxy) is 2. The molecule has 34 heavy (non-hydrogen) atoms. The standard InChI is InChI=1S/C26H30N2O6/c1-26(2,3)34-25(32)28-13-16(14-28)22(12-23(29)30)27-24(31)33-15-21-19-10-6-4-8-17(19)18-9-5-7-11-20(18)21/h4-11,16,21-22H,12-15H2,1-3H3,(H,27,31)(H,29,30). The number of benzene rings is 2. The summed E-state index contributed by atoms with van der Waals surface area (Å²) in [6.45, 7) is 6.14. The molecule has 1 aliphatic carbocycles. The fourth-order valence-corrected chi connectivity index (χ4v) is 4.56. The number of carbonyl (C=O) groups excluding carboxylic acids is 2. The Bertz CT molecular complexity index is 1040. The van der Waals surface area contributed by atoms with E-state index in [0.717, 1.165) is 22.3 Å². The number of nitrogens with zero attached hydrogens (tertiary/aromatic N) is 1. The SMILES string of the molecule is CC(C)(C)OC(=O)N1CC(C(CC(=O)O)NC(=O)OCC2c3ccccc3-c3ccccc32)C1. The summed E-state index contributed by atoms with van der Waals surface area (Å²) in [5.41, 5.74) is 3.86. The molecule has 0 aromatic heterocycles. The second-order valence-corrected chi connectivity index (χ2v) is 9.82. The molecule has 180 valence electrons. The predicted octanol–water partition coefficient (Wildman–Crippen LogP) is 4.24. The van der Waals surface area contributed by atoms with Crippen molar-refractivity contribution in [2.24, 2.45) is 5.92 Å². The third kappa shape index (κ3) is 5.16. The smallest absolute Gasteiger partial charge is 0.410 e. The van der Waals surface area contributed by atoms with Crippen molar-refractivity contribution in [3.63, 3.8) is 0 Å². The first kappa shape index (κ1) is 23.6. The van der Waals surface area contributed by atoms with Crippen LogP contribution in [0.3, 0.4) is 0 Å². The molecule has 2 aromatic carbocycles. The monoisotopic (exact) mass is 466 g/mol. The zero-order valence-corrected chi connectivity index (χ0v) is 19.6. The molecule has 2 amide bonds. The van der Waals surface area contributed by atoms with Crippen LogP contribution < -0.4 is 5.32 Å². The van der Waals surface area contributed by atoms with Crippen molar-refractivity contribution in [2.45, 2.75) is 44.8 Å². The second kappa shape index (κ2) is 9.37. The van der Waals surface area contributed by atoms with Gasteiger partial charge in [0.2, 0.25) is 0 Å². The maximum absolute atomic E-state index is 12.6. The second-order valence-electron chi connectivity index (χ2n) is 9.82. The van der Waals surface area contributed by atoms with Crippen LogP contribution in [0.4, 0.5) is 9.59 Å². The summed E-state index contributed by atoms with van der Waals surface area (Å²) < 4.78 is 10.9. The van der Waals surface area contributed by atoms with Gasteiger partial charge in [-0.1, -0.05) is 48.5 Å². The van der Waals surface area contributed by atoms with Crippen molar-refractivity contribution in [3.8, 4) is 11.1 Å². The van der Waals surface area contributed by atoms with Gasteiger partial charge in [0.25, 0.3) is 0 Å². The zero-order chi connectivity index (χ0) is 24.5. The molecule has 1 atom stereocenters. The van der Waals surface area contributed by atoms with Crippen LogP contribution in [-0.2, 0) is 14.3 Å². The van der Waals surface area contributed by atoms with E-state index in [-0.39, 0.29) is 24.9 Å². The highest BCUT2D eigenvalue weighted by Gasteiger charge is 2.40. The molecule has 8 nitrogen and oxygen atoms in total. The van der Waals surface area contributed by atoms with E-state index < -0.39 is 29.8 Å². The topological polar surface area (TPSA) is 105 Å². The van der Waals surface area contributed by atoms with Crippen LogP contribution in [0, 0.1) is 5.92 Å². The third-order valence-electron chi connectivity index (χ3n) is 6.17. The van der Waals surface area contributed by atoms with E-state index in [1.54, 1.807) is 20.8 Å². The van der Waals surface area contributed by atoms with Crippen LogP contribution in [-0.4, -0.2) is 59.5 Å². The number of carboxylic acids is 1. The summed E-state index contributed by atoms with van der Waals surface area (Å²) in [6, 6.07) is 15.5. The minimum Gasteiger partial charge on any atom is -0.481 e. The molecule has 0 spiro atoms. The van der Waals surface area contributed by atoms with Gasteiger partial charge in [-0.05, 0) is 43.0 Å². The van der Waals surface area contributed by atoms with Crippen molar-refractivity contribution in [3.05, 3.63) is 59.7 Å². The summed E-state index contributed by atoms with van der Waals surface area (Å²) in [5.74, 6) is -1.30. The van der Waals surface area contributed by atoms with Crippen molar-refractivity contribution < 1.29 is 29.0 Å². The third-order valence-corrected chi connectivity index (χ3v) is 6.17. The number of fused-ring (bicyclic) bond motifs is 3. The fraction of sp³-hybridized carbons (Fsp3) is 0.423. The maximum Gasteiger partial charge on any atom is 0.410 e. The van der Waals surface area contributed by atoms with E-state index in [9.17, 15) is 19.5 Å². The zero-order valence-electron chi connectivity index (χ0n) is 19.6. The fourth-order valence-electron chi connectivity index (χ4n) is 4.56. The van der Waals surface area contributed by atoms with Crippen LogP contribution >= 0.6 is 0 Å². The van der Waals surface area contributed by atoms with Gasteiger partial charge >= 0.3 is 18.2 Å². The molecule has 1 heterocycles. The Labute approximate surface area is 198 Å². The Hall–Kier alpha value is -3.55. The number of hydrogen-bond donors (Lipinski definition) is 2. The number of amides is 2. The normalized spacial score (nSPS) is 16.1. The molecule has 1 unspecified atom stereocenters. The lowest BCUT2D eigenvalue weighted by Crippen LogP contribution is -2.59. The van der Waals surface area contributed by atoms with Gasteiger partial charge in [0.05, 0.1) is 6.42 Å². The largest absolute Gasteiger partial charge is 0.481 e. The number of nitrogens with one attached hydrogen (secondary N) is 1.